The zero-order valence-electron chi connectivity index (χ0n) is 41.5. The van der Waals surface area contributed by atoms with Gasteiger partial charge in [-0.2, -0.15) is 0 Å². The van der Waals surface area contributed by atoms with Crippen LogP contribution in [0.5, 0.6) is 0 Å². The predicted molar refractivity (Wildman–Crippen MR) is 261 cm³/mol. The van der Waals surface area contributed by atoms with E-state index in [4.69, 9.17) is 14.2 Å². The van der Waals surface area contributed by atoms with Gasteiger partial charge in [-0.05, 0) is 19.3 Å². The second kappa shape index (κ2) is 51.0. The van der Waals surface area contributed by atoms with Gasteiger partial charge in [-0.1, -0.05) is 278 Å². The van der Waals surface area contributed by atoms with Crippen LogP contribution >= 0.6 is 0 Å². The van der Waals surface area contributed by atoms with E-state index in [1.165, 1.54) is 218 Å². The predicted octanol–water partition coefficient (Wildman–Crippen LogP) is 18.0. The number of rotatable bonds is 51. The minimum Gasteiger partial charge on any atom is -0.462 e. The van der Waals surface area contributed by atoms with Crippen molar-refractivity contribution in [1.82, 2.24) is 0 Å². The van der Waals surface area contributed by atoms with E-state index >= 15 is 0 Å². The summed E-state index contributed by atoms with van der Waals surface area (Å²) in [5.41, 5.74) is 0. The van der Waals surface area contributed by atoms with Crippen molar-refractivity contribution < 1.29 is 28.6 Å². The minimum absolute atomic E-state index is 0.0615. The maximum atomic E-state index is 12.8. The Kier molecular flexibility index (Phi) is 49.7. The van der Waals surface area contributed by atoms with Gasteiger partial charge in [-0.25, -0.2) is 0 Å². The fourth-order valence-corrected chi connectivity index (χ4v) is 8.45. The summed E-state index contributed by atoms with van der Waals surface area (Å²) >= 11 is 0. The van der Waals surface area contributed by atoms with Crippen molar-refractivity contribution in [2.75, 3.05) is 13.2 Å². The molecular weight excluding hydrogens is 757 g/mol. The molecule has 61 heavy (non-hydrogen) atoms. The smallest absolute Gasteiger partial charge is 0.306 e. The van der Waals surface area contributed by atoms with Gasteiger partial charge in [0.05, 0.1) is 0 Å². The van der Waals surface area contributed by atoms with Crippen LogP contribution in [0.2, 0.25) is 0 Å². The van der Waals surface area contributed by atoms with E-state index in [0.717, 1.165) is 57.8 Å². The molecule has 0 radical (unpaired) electrons. The molecule has 0 bridgehead atoms. The highest BCUT2D eigenvalue weighted by Crippen LogP contribution is 2.17. The fourth-order valence-electron chi connectivity index (χ4n) is 8.45. The average Bonchev–Trinajstić information content (AvgIpc) is 3.26. The summed E-state index contributed by atoms with van der Waals surface area (Å²) in [7, 11) is 0. The minimum atomic E-state index is -0.760. The third kappa shape index (κ3) is 49.3. The summed E-state index contributed by atoms with van der Waals surface area (Å²) in [6.07, 6.45) is 55.2. The zero-order chi connectivity index (χ0) is 44.4. The van der Waals surface area contributed by atoms with Crippen molar-refractivity contribution in [3.63, 3.8) is 0 Å². The van der Waals surface area contributed by atoms with E-state index in [1.54, 1.807) is 0 Å². The average molecular weight is 863 g/mol. The summed E-state index contributed by atoms with van der Waals surface area (Å²) < 4.78 is 16.8. The lowest BCUT2D eigenvalue weighted by Gasteiger charge is -2.18. The fraction of sp³-hybridized carbons (Fsp3) is 0.945. The van der Waals surface area contributed by atoms with Crippen LogP contribution in [-0.4, -0.2) is 37.2 Å². The van der Waals surface area contributed by atoms with Crippen molar-refractivity contribution in [2.24, 2.45) is 0 Å². The summed E-state index contributed by atoms with van der Waals surface area (Å²) in [4.78, 5) is 38.0. The summed E-state index contributed by atoms with van der Waals surface area (Å²) in [6, 6.07) is 0. The lowest BCUT2D eigenvalue weighted by Crippen LogP contribution is -2.30. The summed E-state index contributed by atoms with van der Waals surface area (Å²) in [5, 5.41) is 0. The largest absolute Gasteiger partial charge is 0.462 e. The number of esters is 3. The first-order chi connectivity index (χ1) is 30.0. The molecular formula is C55H106O6. The van der Waals surface area contributed by atoms with Gasteiger partial charge in [0, 0.05) is 19.3 Å². The first kappa shape index (κ1) is 59.4. The molecule has 0 aromatic rings. The van der Waals surface area contributed by atoms with Crippen LogP contribution in [0.1, 0.15) is 316 Å². The monoisotopic (exact) mass is 863 g/mol. The molecule has 362 valence electrons. The Morgan fingerprint density at radius 2 is 0.443 bits per heavy atom. The van der Waals surface area contributed by atoms with Gasteiger partial charge in [0.2, 0.25) is 0 Å². The Labute approximate surface area is 380 Å². The molecule has 6 heteroatoms. The Balaban J connectivity index is 4.27. The van der Waals surface area contributed by atoms with E-state index in [1.807, 2.05) is 0 Å². The normalized spacial score (nSPS) is 11.9. The van der Waals surface area contributed by atoms with Crippen molar-refractivity contribution in [3.8, 4) is 0 Å². The van der Waals surface area contributed by atoms with Crippen molar-refractivity contribution in [2.45, 2.75) is 322 Å². The van der Waals surface area contributed by atoms with Gasteiger partial charge in [-0.15, -0.1) is 0 Å². The van der Waals surface area contributed by atoms with Crippen LogP contribution in [0, 0.1) is 0 Å². The molecule has 0 heterocycles. The maximum Gasteiger partial charge on any atom is 0.306 e. The molecule has 0 saturated carbocycles. The SMILES string of the molecule is CCCCCCCCCCCCCCCCCCCCC(=O)O[C@H](COC(=O)CCCCCCCCCCCCC)COC(=O)CCCCCCCCCCCCCCCC. The molecule has 0 rings (SSSR count). The Morgan fingerprint density at radius 3 is 0.656 bits per heavy atom. The molecule has 0 aliphatic heterocycles. The highest BCUT2D eigenvalue weighted by atomic mass is 16.6. The van der Waals surface area contributed by atoms with Crippen molar-refractivity contribution >= 4 is 17.9 Å². The Morgan fingerprint density at radius 1 is 0.262 bits per heavy atom. The second-order valence-corrected chi connectivity index (χ2v) is 18.9. The first-order valence-electron chi connectivity index (χ1n) is 27.5. The Hall–Kier alpha value is -1.59. The lowest BCUT2D eigenvalue weighted by atomic mass is 10.0. The quantitative estimate of drug-likeness (QED) is 0.0344. The van der Waals surface area contributed by atoms with Gasteiger partial charge in [0.15, 0.2) is 6.10 Å². The summed E-state index contributed by atoms with van der Waals surface area (Å²) in [5.74, 6) is -0.837. The van der Waals surface area contributed by atoms with Crippen LogP contribution in [0.25, 0.3) is 0 Å². The van der Waals surface area contributed by atoms with Crippen LogP contribution in [0.3, 0.4) is 0 Å². The van der Waals surface area contributed by atoms with Crippen LogP contribution < -0.4 is 0 Å². The second-order valence-electron chi connectivity index (χ2n) is 18.9. The molecule has 0 N–H and O–H groups in total. The highest BCUT2D eigenvalue weighted by molar-refractivity contribution is 5.71. The molecule has 1 atom stereocenters. The lowest BCUT2D eigenvalue weighted by molar-refractivity contribution is -0.167. The Bertz CT molecular complexity index is 905. The molecule has 0 aliphatic rings. The van der Waals surface area contributed by atoms with E-state index in [9.17, 15) is 14.4 Å². The molecule has 0 unspecified atom stereocenters. The third-order valence-corrected chi connectivity index (χ3v) is 12.6. The molecule has 0 aliphatic carbocycles. The molecule has 0 amide bonds. The number of carbonyl (C=O) groups excluding carboxylic acids is 3. The number of carbonyl (C=O) groups is 3. The molecule has 0 saturated heterocycles. The summed E-state index contributed by atoms with van der Waals surface area (Å²) in [6.45, 7) is 6.69. The maximum absolute atomic E-state index is 12.8. The van der Waals surface area contributed by atoms with Crippen LogP contribution in [0.15, 0.2) is 0 Å². The third-order valence-electron chi connectivity index (χ3n) is 12.6. The standard InChI is InChI=1S/C55H106O6/c1-4-7-10-13-16-19-22-24-26-27-28-29-31-34-37-40-43-46-49-55(58)61-52(50-59-53(56)47-44-41-38-35-32-21-18-15-12-9-6-3)51-60-54(57)48-45-42-39-36-33-30-25-23-20-17-14-11-8-5-2/h52H,4-51H2,1-3H3/t52-/m1/s1. The van der Waals surface area contributed by atoms with Crippen LogP contribution in [0.4, 0.5) is 0 Å². The number of hydrogen-bond donors (Lipinski definition) is 0. The van der Waals surface area contributed by atoms with Gasteiger partial charge < -0.3 is 14.2 Å². The van der Waals surface area contributed by atoms with E-state index in [0.29, 0.717) is 19.3 Å². The van der Waals surface area contributed by atoms with Gasteiger partial charge in [0.25, 0.3) is 0 Å². The van der Waals surface area contributed by atoms with Crippen molar-refractivity contribution in [1.29, 1.82) is 0 Å². The molecule has 0 fully saturated rings. The molecule has 0 spiro atoms. The van der Waals surface area contributed by atoms with E-state index < -0.39 is 6.10 Å². The topological polar surface area (TPSA) is 78.9 Å². The number of ether oxygens (including phenoxy) is 3. The van der Waals surface area contributed by atoms with E-state index in [2.05, 4.69) is 20.8 Å². The highest BCUT2D eigenvalue weighted by Gasteiger charge is 2.19. The number of unbranched alkanes of at least 4 members (excludes halogenated alkanes) is 40. The van der Waals surface area contributed by atoms with Crippen molar-refractivity contribution in [3.05, 3.63) is 0 Å². The van der Waals surface area contributed by atoms with Gasteiger partial charge in [0.1, 0.15) is 13.2 Å². The van der Waals surface area contributed by atoms with Gasteiger partial charge >= 0.3 is 17.9 Å². The van der Waals surface area contributed by atoms with Crippen LogP contribution in [-0.2, 0) is 28.6 Å². The van der Waals surface area contributed by atoms with Gasteiger partial charge in [-0.3, -0.25) is 14.4 Å². The molecule has 0 aromatic carbocycles. The zero-order valence-corrected chi connectivity index (χ0v) is 41.5. The van der Waals surface area contributed by atoms with E-state index in [-0.39, 0.29) is 31.1 Å². The molecule has 0 aromatic heterocycles. The molecule has 6 nitrogen and oxygen atoms in total. The first-order valence-corrected chi connectivity index (χ1v) is 27.5. The number of hydrogen-bond acceptors (Lipinski definition) is 6.